The van der Waals surface area contributed by atoms with Gasteiger partial charge in [-0.1, -0.05) is 23.9 Å². The van der Waals surface area contributed by atoms with E-state index in [1.54, 1.807) is 11.8 Å². The van der Waals surface area contributed by atoms with Crippen LogP contribution in [-0.2, 0) is 17.8 Å². The van der Waals surface area contributed by atoms with Crippen LogP contribution < -0.4 is 5.32 Å². The molecule has 0 aliphatic carbocycles. The Hall–Kier alpha value is -3.53. The van der Waals surface area contributed by atoms with Gasteiger partial charge in [0.2, 0.25) is 5.91 Å². The lowest BCUT2D eigenvalue weighted by molar-refractivity contribution is -0.115. The molecule has 0 spiro atoms. The predicted molar refractivity (Wildman–Crippen MR) is 137 cm³/mol. The Bertz CT molecular complexity index is 1230. The van der Waals surface area contributed by atoms with Gasteiger partial charge in [0.25, 0.3) is 0 Å². The lowest BCUT2D eigenvalue weighted by Crippen LogP contribution is -2.25. The van der Waals surface area contributed by atoms with E-state index in [1.807, 2.05) is 62.4 Å². The first kappa shape index (κ1) is 23.2. The molecule has 1 N–H and O–H groups in total. The summed E-state index contributed by atoms with van der Waals surface area (Å²) in [7, 11) is 0. The molecule has 10 heteroatoms. The Balaban J connectivity index is 1.14. The molecule has 0 bridgehead atoms. The number of thioether (sulfide) groups is 1. The largest absolute Gasteiger partial charge is 0.349 e. The van der Waals surface area contributed by atoms with Crippen LogP contribution in [-0.4, -0.2) is 60.1 Å². The number of rotatable bonds is 6. The average Bonchev–Trinajstić information content (AvgIpc) is 3.49. The van der Waals surface area contributed by atoms with Gasteiger partial charge in [0.05, 0.1) is 30.2 Å². The fraction of sp³-hybridized carbons (Fsp3) is 0.360. The van der Waals surface area contributed by atoms with E-state index in [4.69, 9.17) is 5.10 Å². The molecule has 1 amide bonds. The first-order valence-corrected chi connectivity index (χ1v) is 12.7. The summed E-state index contributed by atoms with van der Waals surface area (Å²) in [6, 6.07) is 15.5. The SMILES string of the molecule is Cc1cccc(CC(=O)Nc2ccc(C3CCN(C4=NN(Cc5cccc(C)n5)CS4)C3)nn2)n1. The second-order valence-corrected chi connectivity index (χ2v) is 9.77. The van der Waals surface area contributed by atoms with Gasteiger partial charge < -0.3 is 10.2 Å². The van der Waals surface area contributed by atoms with Crippen molar-refractivity contribution in [2.24, 2.45) is 5.10 Å². The molecule has 3 aromatic rings. The predicted octanol–water partition coefficient (Wildman–Crippen LogP) is 3.33. The number of hydrogen-bond donors (Lipinski definition) is 1. The van der Waals surface area contributed by atoms with Gasteiger partial charge in [-0.15, -0.1) is 5.10 Å². The van der Waals surface area contributed by atoms with Gasteiger partial charge in [-0.3, -0.25) is 19.8 Å². The average molecular weight is 489 g/mol. The van der Waals surface area contributed by atoms with Crippen molar-refractivity contribution in [1.82, 2.24) is 30.1 Å². The van der Waals surface area contributed by atoms with Crippen LogP contribution >= 0.6 is 11.8 Å². The normalized spacial score (nSPS) is 17.5. The van der Waals surface area contributed by atoms with Crippen molar-refractivity contribution in [1.29, 1.82) is 0 Å². The minimum Gasteiger partial charge on any atom is -0.349 e. The van der Waals surface area contributed by atoms with E-state index in [0.717, 1.165) is 59.0 Å². The number of pyridine rings is 2. The third-order valence-corrected chi connectivity index (χ3v) is 7.00. The molecule has 5 heterocycles. The first-order chi connectivity index (χ1) is 17.0. The zero-order chi connectivity index (χ0) is 24.2. The number of hydrogen-bond acceptors (Lipinski definition) is 9. The lowest BCUT2D eigenvalue weighted by atomic mass is 10.1. The molecule has 1 saturated heterocycles. The van der Waals surface area contributed by atoms with E-state index in [-0.39, 0.29) is 12.3 Å². The highest BCUT2D eigenvalue weighted by Gasteiger charge is 2.30. The van der Waals surface area contributed by atoms with Crippen molar-refractivity contribution >= 4 is 28.7 Å². The topological polar surface area (TPSA) is 99.5 Å². The van der Waals surface area contributed by atoms with E-state index in [2.05, 4.69) is 35.4 Å². The first-order valence-electron chi connectivity index (χ1n) is 11.7. The van der Waals surface area contributed by atoms with E-state index < -0.39 is 0 Å². The number of carbonyl (C=O) groups excluding carboxylic acids is 1. The van der Waals surface area contributed by atoms with Crippen molar-refractivity contribution in [3.05, 3.63) is 77.0 Å². The fourth-order valence-electron chi connectivity index (χ4n) is 4.27. The van der Waals surface area contributed by atoms with Gasteiger partial charge in [0, 0.05) is 36.1 Å². The zero-order valence-corrected chi connectivity index (χ0v) is 20.7. The highest BCUT2D eigenvalue weighted by Crippen LogP contribution is 2.30. The van der Waals surface area contributed by atoms with Gasteiger partial charge in [-0.2, -0.15) is 10.2 Å². The lowest BCUT2D eigenvalue weighted by Gasteiger charge is -2.16. The van der Waals surface area contributed by atoms with E-state index in [1.165, 1.54) is 0 Å². The number of carbonyl (C=O) groups is 1. The molecule has 0 aromatic carbocycles. The quantitative estimate of drug-likeness (QED) is 0.564. The zero-order valence-electron chi connectivity index (χ0n) is 19.9. The van der Waals surface area contributed by atoms with Crippen molar-refractivity contribution < 1.29 is 4.79 Å². The van der Waals surface area contributed by atoms with Crippen LogP contribution in [0.1, 0.15) is 40.8 Å². The molecule has 180 valence electrons. The molecule has 2 aliphatic heterocycles. The molecule has 35 heavy (non-hydrogen) atoms. The van der Waals surface area contributed by atoms with Gasteiger partial charge in [0.15, 0.2) is 11.0 Å². The van der Waals surface area contributed by atoms with Crippen molar-refractivity contribution in [2.45, 2.75) is 39.2 Å². The van der Waals surface area contributed by atoms with Crippen LogP contribution in [0.5, 0.6) is 0 Å². The summed E-state index contributed by atoms with van der Waals surface area (Å²) >= 11 is 1.76. The summed E-state index contributed by atoms with van der Waals surface area (Å²) < 4.78 is 0. The molecule has 3 aromatic heterocycles. The molecule has 1 fully saturated rings. The number of amides is 1. The van der Waals surface area contributed by atoms with Crippen LogP contribution in [0.2, 0.25) is 0 Å². The monoisotopic (exact) mass is 488 g/mol. The maximum absolute atomic E-state index is 12.3. The van der Waals surface area contributed by atoms with E-state index >= 15 is 0 Å². The van der Waals surface area contributed by atoms with Crippen molar-refractivity contribution in [3.63, 3.8) is 0 Å². The highest BCUT2D eigenvalue weighted by atomic mass is 32.2. The third kappa shape index (κ3) is 5.94. The van der Waals surface area contributed by atoms with Crippen LogP contribution in [0.3, 0.4) is 0 Å². The van der Waals surface area contributed by atoms with Gasteiger partial charge >= 0.3 is 0 Å². The Morgan fingerprint density at radius 3 is 2.54 bits per heavy atom. The summed E-state index contributed by atoms with van der Waals surface area (Å²) in [4.78, 5) is 23.6. The van der Waals surface area contributed by atoms with E-state index in [9.17, 15) is 4.79 Å². The number of aryl methyl sites for hydroxylation is 2. The second-order valence-electron chi connectivity index (χ2n) is 8.86. The maximum atomic E-state index is 12.3. The summed E-state index contributed by atoms with van der Waals surface area (Å²) in [5.74, 6) is 1.43. The molecule has 1 unspecified atom stereocenters. The second kappa shape index (κ2) is 10.4. The minimum atomic E-state index is -0.154. The van der Waals surface area contributed by atoms with Crippen LogP contribution in [0.15, 0.2) is 53.6 Å². The molecular formula is C25H28N8OS. The molecule has 0 radical (unpaired) electrons. The Labute approximate surface area is 209 Å². The number of nitrogens with zero attached hydrogens (tertiary/aromatic N) is 7. The summed E-state index contributed by atoms with van der Waals surface area (Å²) in [5.41, 5.74) is 4.63. The Kier molecular flexibility index (Phi) is 6.89. The Morgan fingerprint density at radius 1 is 1.03 bits per heavy atom. The number of anilines is 1. The molecule has 0 saturated carbocycles. The maximum Gasteiger partial charge on any atom is 0.231 e. The van der Waals surface area contributed by atoms with Gasteiger partial charge in [-0.05, 0) is 56.7 Å². The minimum absolute atomic E-state index is 0.154. The molecule has 5 rings (SSSR count). The summed E-state index contributed by atoms with van der Waals surface area (Å²) in [6.45, 7) is 6.44. The summed E-state index contributed by atoms with van der Waals surface area (Å²) in [6.07, 6.45) is 1.21. The van der Waals surface area contributed by atoms with Crippen molar-refractivity contribution in [2.75, 3.05) is 24.3 Å². The van der Waals surface area contributed by atoms with Crippen molar-refractivity contribution in [3.8, 4) is 0 Å². The Morgan fingerprint density at radius 2 is 1.80 bits per heavy atom. The fourth-order valence-corrected chi connectivity index (χ4v) is 5.21. The van der Waals surface area contributed by atoms with Crippen LogP contribution in [0, 0.1) is 13.8 Å². The van der Waals surface area contributed by atoms with Gasteiger partial charge in [0.1, 0.15) is 0 Å². The number of nitrogens with one attached hydrogen (secondary N) is 1. The number of likely N-dealkylation sites (tertiary alicyclic amines) is 1. The number of amidine groups is 1. The van der Waals surface area contributed by atoms with Crippen LogP contribution in [0.25, 0.3) is 0 Å². The standard InChI is InChI=1S/C25H28N8OS/c1-17-5-3-7-20(26-17)13-24(34)28-23-10-9-22(29-30-23)19-11-12-32(14-19)25-31-33(16-35-25)15-21-8-4-6-18(2)27-21/h3-10,19H,11-16H2,1-2H3,(H,28,30,34). The molecule has 2 aliphatic rings. The number of hydrazone groups is 1. The molecule has 9 nitrogen and oxygen atoms in total. The van der Waals surface area contributed by atoms with Crippen LogP contribution in [0.4, 0.5) is 5.82 Å². The number of aromatic nitrogens is 4. The highest BCUT2D eigenvalue weighted by molar-refractivity contribution is 8.13. The third-order valence-electron chi connectivity index (χ3n) is 5.98. The molecular weight excluding hydrogens is 460 g/mol. The van der Waals surface area contributed by atoms with E-state index in [0.29, 0.717) is 18.3 Å². The molecule has 1 atom stereocenters. The summed E-state index contributed by atoms with van der Waals surface area (Å²) in [5, 5.41) is 19.4. The van der Waals surface area contributed by atoms with Gasteiger partial charge in [-0.25, -0.2) is 0 Å². The smallest absolute Gasteiger partial charge is 0.231 e.